The Morgan fingerprint density at radius 1 is 1.39 bits per heavy atom. The molecule has 0 aromatic heterocycles. The molecule has 1 aromatic carbocycles. The second kappa shape index (κ2) is 7.21. The normalized spacial score (nSPS) is 21.1. The van der Waals surface area contributed by atoms with Crippen LogP contribution in [0.1, 0.15) is 25.3 Å². The van der Waals surface area contributed by atoms with Crippen molar-refractivity contribution in [3.8, 4) is 0 Å². The van der Waals surface area contributed by atoms with Gasteiger partial charge in [-0.2, -0.15) is 0 Å². The number of para-hydroxylation sites is 1. The number of carbonyl (C=O) groups excluding carboxylic acids is 1. The molecule has 0 bridgehead atoms. The van der Waals surface area contributed by atoms with E-state index in [0.29, 0.717) is 32.2 Å². The Bertz CT molecular complexity index is 545. The van der Waals surface area contributed by atoms with Crippen molar-refractivity contribution in [2.45, 2.75) is 32.4 Å². The lowest BCUT2D eigenvalue weighted by Gasteiger charge is -2.36. The molecule has 23 heavy (non-hydrogen) atoms. The number of amides is 2. The van der Waals surface area contributed by atoms with Crippen molar-refractivity contribution in [2.24, 2.45) is 5.92 Å². The molecule has 0 radical (unpaired) electrons. The van der Waals surface area contributed by atoms with Crippen LogP contribution >= 0.6 is 0 Å². The first-order valence-corrected chi connectivity index (χ1v) is 8.62. The van der Waals surface area contributed by atoms with Crippen LogP contribution in [0.5, 0.6) is 0 Å². The lowest BCUT2D eigenvalue weighted by Crippen LogP contribution is -2.53. The molecule has 1 aliphatic carbocycles. The van der Waals surface area contributed by atoms with Gasteiger partial charge < -0.3 is 19.9 Å². The van der Waals surface area contributed by atoms with Crippen molar-refractivity contribution >= 4 is 11.7 Å². The van der Waals surface area contributed by atoms with E-state index in [-0.39, 0.29) is 12.1 Å². The second-order valence-electron chi connectivity index (χ2n) is 6.47. The third-order valence-corrected chi connectivity index (χ3v) is 4.90. The first-order valence-electron chi connectivity index (χ1n) is 8.62. The van der Waals surface area contributed by atoms with Crippen molar-refractivity contribution < 1.29 is 9.53 Å². The van der Waals surface area contributed by atoms with Crippen LogP contribution in [0.2, 0.25) is 0 Å². The highest BCUT2D eigenvalue weighted by Crippen LogP contribution is 2.36. The fraction of sp³-hybridized carbons (Fsp3) is 0.611. The van der Waals surface area contributed by atoms with Crippen LogP contribution < -0.4 is 10.2 Å². The number of ether oxygens (including phenoxy) is 1. The number of hydrogen-bond donors (Lipinski definition) is 1. The van der Waals surface area contributed by atoms with E-state index in [1.165, 1.54) is 18.5 Å². The molecule has 1 aromatic rings. The zero-order valence-corrected chi connectivity index (χ0v) is 14.1. The van der Waals surface area contributed by atoms with Gasteiger partial charge in [-0.1, -0.05) is 18.2 Å². The van der Waals surface area contributed by atoms with E-state index in [4.69, 9.17) is 4.74 Å². The monoisotopic (exact) mass is 317 g/mol. The quantitative estimate of drug-likeness (QED) is 0.907. The van der Waals surface area contributed by atoms with Crippen molar-refractivity contribution in [3.05, 3.63) is 29.8 Å². The van der Waals surface area contributed by atoms with E-state index < -0.39 is 0 Å². The molecule has 1 N–H and O–H groups in total. The summed E-state index contributed by atoms with van der Waals surface area (Å²) in [7, 11) is 2.08. The lowest BCUT2D eigenvalue weighted by atomic mass is 10.1. The summed E-state index contributed by atoms with van der Waals surface area (Å²) in [5.74, 6) is 0.638. The Hall–Kier alpha value is -1.75. The summed E-state index contributed by atoms with van der Waals surface area (Å²) < 4.78 is 5.56. The van der Waals surface area contributed by atoms with Crippen molar-refractivity contribution in [3.63, 3.8) is 0 Å². The number of urea groups is 1. The summed E-state index contributed by atoms with van der Waals surface area (Å²) in [6, 6.07) is 8.55. The summed E-state index contributed by atoms with van der Waals surface area (Å²) in [4.78, 5) is 16.8. The number of carbonyl (C=O) groups is 1. The minimum Gasteiger partial charge on any atom is -0.377 e. The topological polar surface area (TPSA) is 44.8 Å². The Morgan fingerprint density at radius 3 is 2.91 bits per heavy atom. The molecule has 1 atom stereocenters. The van der Waals surface area contributed by atoms with E-state index in [1.54, 1.807) is 0 Å². The smallest absolute Gasteiger partial charge is 0.318 e. The highest BCUT2D eigenvalue weighted by atomic mass is 16.5. The maximum Gasteiger partial charge on any atom is 0.318 e. The number of benzene rings is 1. The van der Waals surface area contributed by atoms with E-state index in [2.05, 4.69) is 36.3 Å². The fourth-order valence-corrected chi connectivity index (χ4v) is 3.22. The summed E-state index contributed by atoms with van der Waals surface area (Å²) >= 11 is 0. The van der Waals surface area contributed by atoms with Crippen LogP contribution in [0.3, 0.4) is 0 Å². The molecule has 1 saturated heterocycles. The van der Waals surface area contributed by atoms with Crippen molar-refractivity contribution in [1.82, 2.24) is 10.2 Å². The van der Waals surface area contributed by atoms with Crippen LogP contribution in [0.15, 0.2) is 24.3 Å². The predicted octanol–water partition coefficient (Wildman–Crippen LogP) is 2.46. The van der Waals surface area contributed by atoms with Gasteiger partial charge in [0.2, 0.25) is 0 Å². The molecular formula is C18H27N3O2. The van der Waals surface area contributed by atoms with Gasteiger partial charge in [0.15, 0.2) is 0 Å². The van der Waals surface area contributed by atoms with Crippen LogP contribution in [0.4, 0.5) is 10.5 Å². The van der Waals surface area contributed by atoms with Crippen LogP contribution in [-0.4, -0.2) is 50.3 Å². The van der Waals surface area contributed by atoms with Gasteiger partial charge in [0, 0.05) is 32.4 Å². The molecule has 2 amide bonds. The number of rotatable bonds is 5. The molecule has 5 heteroatoms. The summed E-state index contributed by atoms with van der Waals surface area (Å²) in [6.45, 7) is 5.66. The van der Waals surface area contributed by atoms with Crippen molar-refractivity contribution in [1.29, 1.82) is 0 Å². The SMILES string of the molecule is CCN(C)c1ccccc1CNC(=O)N1CCOC[C@H]1C1CC1. The zero-order chi connectivity index (χ0) is 16.2. The predicted molar refractivity (Wildman–Crippen MR) is 91.7 cm³/mol. The van der Waals surface area contributed by atoms with Gasteiger partial charge in [-0.05, 0) is 37.3 Å². The Balaban J connectivity index is 1.62. The van der Waals surface area contributed by atoms with Crippen LogP contribution in [0.25, 0.3) is 0 Å². The molecule has 1 heterocycles. The molecule has 3 rings (SSSR count). The molecular weight excluding hydrogens is 290 g/mol. The fourth-order valence-electron chi connectivity index (χ4n) is 3.22. The average Bonchev–Trinajstić information content (AvgIpc) is 3.44. The molecule has 0 unspecified atom stereocenters. The Labute approximate surface area is 138 Å². The van der Waals surface area contributed by atoms with E-state index in [0.717, 1.165) is 12.1 Å². The number of nitrogens with zero attached hydrogens (tertiary/aromatic N) is 2. The first-order chi connectivity index (χ1) is 11.2. The standard InChI is InChI=1S/C18H27N3O2/c1-3-20(2)16-7-5-4-6-15(16)12-19-18(22)21-10-11-23-13-17(21)14-8-9-14/h4-7,14,17H,3,8-13H2,1-2H3,(H,19,22)/t17-/m0/s1. The maximum atomic E-state index is 12.6. The third-order valence-electron chi connectivity index (χ3n) is 4.90. The van der Waals surface area contributed by atoms with E-state index >= 15 is 0 Å². The number of anilines is 1. The lowest BCUT2D eigenvalue weighted by molar-refractivity contribution is 0.00464. The third kappa shape index (κ3) is 3.78. The Kier molecular flexibility index (Phi) is 5.06. The molecule has 2 fully saturated rings. The number of hydrogen-bond acceptors (Lipinski definition) is 3. The van der Waals surface area contributed by atoms with Crippen LogP contribution in [0, 0.1) is 5.92 Å². The summed E-state index contributed by atoms with van der Waals surface area (Å²) in [6.07, 6.45) is 2.45. The van der Waals surface area contributed by atoms with E-state index in [9.17, 15) is 4.79 Å². The summed E-state index contributed by atoms with van der Waals surface area (Å²) in [5.41, 5.74) is 2.33. The van der Waals surface area contributed by atoms with Gasteiger partial charge in [-0.15, -0.1) is 0 Å². The minimum atomic E-state index is 0.0409. The highest BCUT2D eigenvalue weighted by molar-refractivity contribution is 5.75. The molecule has 0 spiro atoms. The van der Waals surface area contributed by atoms with E-state index in [1.807, 2.05) is 17.0 Å². The van der Waals surface area contributed by atoms with Gasteiger partial charge in [0.25, 0.3) is 0 Å². The maximum absolute atomic E-state index is 12.6. The molecule has 2 aliphatic rings. The second-order valence-corrected chi connectivity index (χ2v) is 6.47. The molecule has 5 nitrogen and oxygen atoms in total. The molecule has 126 valence electrons. The Morgan fingerprint density at radius 2 is 2.17 bits per heavy atom. The molecule has 1 saturated carbocycles. The van der Waals surface area contributed by atoms with Crippen LogP contribution in [-0.2, 0) is 11.3 Å². The van der Waals surface area contributed by atoms with Gasteiger partial charge in [0.1, 0.15) is 0 Å². The van der Waals surface area contributed by atoms with Gasteiger partial charge in [-0.25, -0.2) is 4.79 Å². The van der Waals surface area contributed by atoms with Gasteiger partial charge in [0.05, 0.1) is 19.3 Å². The van der Waals surface area contributed by atoms with Gasteiger partial charge in [-0.3, -0.25) is 0 Å². The molecule has 1 aliphatic heterocycles. The van der Waals surface area contributed by atoms with Gasteiger partial charge >= 0.3 is 6.03 Å². The average molecular weight is 317 g/mol. The van der Waals surface area contributed by atoms with Crippen molar-refractivity contribution in [2.75, 3.05) is 38.3 Å². The minimum absolute atomic E-state index is 0.0409. The number of morpholine rings is 1. The largest absolute Gasteiger partial charge is 0.377 e. The number of nitrogens with one attached hydrogen (secondary N) is 1. The first kappa shape index (κ1) is 16.1. The zero-order valence-electron chi connectivity index (χ0n) is 14.1. The summed E-state index contributed by atoms with van der Waals surface area (Å²) in [5, 5.41) is 3.11. The highest BCUT2D eigenvalue weighted by Gasteiger charge is 2.39.